The third-order valence-corrected chi connectivity index (χ3v) is 4.02. The number of hydrogen-bond acceptors (Lipinski definition) is 3. The summed E-state index contributed by atoms with van der Waals surface area (Å²) in [5, 5.41) is 0. The second-order valence-corrected chi connectivity index (χ2v) is 5.77. The highest BCUT2D eigenvalue weighted by atomic mass is 32.2. The number of rotatable bonds is 7. The molecule has 96 valence electrons. The highest BCUT2D eigenvalue weighted by molar-refractivity contribution is 7.85. The Bertz CT molecular complexity index is 349. The van der Waals surface area contributed by atoms with E-state index in [2.05, 4.69) is 0 Å². The lowest BCUT2D eigenvalue weighted by Gasteiger charge is -2.05. The van der Waals surface area contributed by atoms with Crippen molar-refractivity contribution in [3.05, 3.63) is 24.3 Å². The van der Waals surface area contributed by atoms with Gasteiger partial charge < -0.3 is 10.5 Å². The maximum absolute atomic E-state index is 11.9. The highest BCUT2D eigenvalue weighted by Crippen LogP contribution is 2.15. The number of benzene rings is 1. The summed E-state index contributed by atoms with van der Waals surface area (Å²) >= 11 is 0. The molecule has 0 aliphatic rings. The molecule has 0 aliphatic carbocycles. The minimum atomic E-state index is -0.905. The van der Waals surface area contributed by atoms with E-state index in [0.29, 0.717) is 5.75 Å². The van der Waals surface area contributed by atoms with Crippen LogP contribution in [0.25, 0.3) is 0 Å². The van der Waals surface area contributed by atoms with Crippen LogP contribution in [0.4, 0.5) is 0 Å². The Labute approximate surface area is 106 Å². The van der Waals surface area contributed by atoms with Gasteiger partial charge in [0.2, 0.25) is 0 Å². The monoisotopic (exact) mass is 255 g/mol. The molecule has 0 aliphatic heterocycles. The van der Waals surface area contributed by atoms with Crippen LogP contribution in [0.5, 0.6) is 5.75 Å². The summed E-state index contributed by atoms with van der Waals surface area (Å²) in [6.07, 6.45) is 3.00. The van der Waals surface area contributed by atoms with Crippen LogP contribution in [-0.4, -0.2) is 23.1 Å². The molecule has 17 heavy (non-hydrogen) atoms. The van der Waals surface area contributed by atoms with E-state index in [1.165, 1.54) is 0 Å². The van der Waals surface area contributed by atoms with Crippen LogP contribution in [0.2, 0.25) is 0 Å². The van der Waals surface area contributed by atoms with Crippen molar-refractivity contribution in [3.8, 4) is 5.75 Å². The molecule has 0 spiro atoms. The zero-order valence-corrected chi connectivity index (χ0v) is 11.3. The summed E-state index contributed by atoms with van der Waals surface area (Å²) in [6, 6.07) is 7.65. The Balaban J connectivity index is 2.36. The molecule has 2 N–H and O–H groups in total. The Morgan fingerprint density at radius 3 is 2.47 bits per heavy atom. The van der Waals surface area contributed by atoms with Crippen molar-refractivity contribution < 1.29 is 8.95 Å². The zero-order chi connectivity index (χ0) is 12.7. The molecule has 0 amide bonds. The molecule has 0 fully saturated rings. The van der Waals surface area contributed by atoms with Crippen LogP contribution in [0.1, 0.15) is 26.2 Å². The van der Waals surface area contributed by atoms with E-state index in [1.54, 1.807) is 7.11 Å². The Morgan fingerprint density at radius 2 is 1.94 bits per heavy atom. The smallest absolute Gasteiger partial charge is 0.118 e. The molecule has 1 aromatic rings. The summed E-state index contributed by atoms with van der Waals surface area (Å²) in [5.74, 6) is 1.50. The average Bonchev–Trinajstić information content (AvgIpc) is 2.34. The van der Waals surface area contributed by atoms with Crippen molar-refractivity contribution in [1.82, 2.24) is 0 Å². The molecule has 2 atom stereocenters. The van der Waals surface area contributed by atoms with Crippen LogP contribution in [0, 0.1) is 0 Å². The predicted molar refractivity (Wildman–Crippen MR) is 71.8 cm³/mol. The fraction of sp³-hybridized carbons (Fsp3) is 0.538. The number of hydrogen-bond donors (Lipinski definition) is 1. The summed E-state index contributed by atoms with van der Waals surface area (Å²) in [5.41, 5.74) is 5.66. The fourth-order valence-electron chi connectivity index (χ4n) is 1.54. The van der Waals surface area contributed by atoms with Gasteiger partial charge in [0.05, 0.1) is 17.9 Å². The Kier molecular flexibility index (Phi) is 6.22. The number of unbranched alkanes of at least 4 members (excludes halogenated alkanes) is 1. The maximum atomic E-state index is 11.9. The molecule has 0 aromatic heterocycles. The first-order chi connectivity index (χ1) is 8.13. The first-order valence-electron chi connectivity index (χ1n) is 5.91. The minimum absolute atomic E-state index is 0.240. The minimum Gasteiger partial charge on any atom is -0.497 e. The van der Waals surface area contributed by atoms with E-state index in [1.807, 2.05) is 31.2 Å². The van der Waals surface area contributed by atoms with Crippen molar-refractivity contribution in [2.75, 3.05) is 12.9 Å². The summed E-state index contributed by atoms with van der Waals surface area (Å²) in [6.45, 7) is 2.00. The SMILES string of the molecule is COc1ccc(S(=O)CCCCC(C)N)cc1. The maximum Gasteiger partial charge on any atom is 0.118 e. The van der Waals surface area contributed by atoms with Crippen LogP contribution in [0.15, 0.2) is 29.2 Å². The number of ether oxygens (including phenoxy) is 1. The van der Waals surface area contributed by atoms with Gasteiger partial charge in [-0.05, 0) is 44.0 Å². The van der Waals surface area contributed by atoms with Crippen LogP contribution >= 0.6 is 0 Å². The van der Waals surface area contributed by atoms with Gasteiger partial charge in [0, 0.05) is 16.7 Å². The lowest BCUT2D eigenvalue weighted by molar-refractivity contribution is 0.414. The molecule has 1 aromatic carbocycles. The van der Waals surface area contributed by atoms with Gasteiger partial charge >= 0.3 is 0 Å². The van der Waals surface area contributed by atoms with Crippen molar-refractivity contribution in [2.45, 2.75) is 37.1 Å². The third-order valence-electron chi connectivity index (χ3n) is 2.56. The topological polar surface area (TPSA) is 52.3 Å². The van der Waals surface area contributed by atoms with Crippen LogP contribution in [0.3, 0.4) is 0 Å². The average molecular weight is 255 g/mol. The van der Waals surface area contributed by atoms with Gasteiger partial charge in [0.15, 0.2) is 0 Å². The predicted octanol–water partition coefficient (Wildman–Crippen LogP) is 2.32. The van der Waals surface area contributed by atoms with Gasteiger partial charge in [-0.15, -0.1) is 0 Å². The molecule has 0 radical (unpaired) electrons. The van der Waals surface area contributed by atoms with Gasteiger partial charge in [0.25, 0.3) is 0 Å². The number of methoxy groups -OCH3 is 1. The Hall–Kier alpha value is -0.870. The summed E-state index contributed by atoms with van der Waals surface area (Å²) < 4.78 is 17.0. The lowest BCUT2D eigenvalue weighted by atomic mass is 10.2. The van der Waals surface area contributed by atoms with Crippen LogP contribution in [-0.2, 0) is 10.8 Å². The van der Waals surface area contributed by atoms with Gasteiger partial charge in [-0.25, -0.2) is 0 Å². The summed E-state index contributed by atoms with van der Waals surface area (Å²) in [7, 11) is 0.720. The normalized spacial score (nSPS) is 14.3. The van der Waals surface area contributed by atoms with Gasteiger partial charge in [-0.1, -0.05) is 6.42 Å². The first kappa shape index (κ1) is 14.2. The highest BCUT2D eigenvalue weighted by Gasteiger charge is 2.04. The largest absolute Gasteiger partial charge is 0.497 e. The van der Waals surface area contributed by atoms with E-state index in [0.717, 1.165) is 29.9 Å². The molecule has 0 heterocycles. The van der Waals surface area contributed by atoms with E-state index in [4.69, 9.17) is 10.5 Å². The zero-order valence-electron chi connectivity index (χ0n) is 10.5. The fourth-order valence-corrected chi connectivity index (χ4v) is 2.69. The molecule has 0 saturated heterocycles. The van der Waals surface area contributed by atoms with Crippen molar-refractivity contribution in [2.24, 2.45) is 5.73 Å². The number of nitrogens with two attached hydrogens (primary N) is 1. The van der Waals surface area contributed by atoms with Gasteiger partial charge in [-0.3, -0.25) is 4.21 Å². The molecule has 0 bridgehead atoms. The molecule has 1 rings (SSSR count). The second kappa shape index (κ2) is 7.45. The third kappa shape index (κ3) is 5.33. The molecule has 4 heteroatoms. The van der Waals surface area contributed by atoms with E-state index < -0.39 is 10.8 Å². The van der Waals surface area contributed by atoms with E-state index in [9.17, 15) is 4.21 Å². The molecular formula is C13H21NO2S. The molecule has 3 nitrogen and oxygen atoms in total. The van der Waals surface area contributed by atoms with Crippen molar-refractivity contribution in [1.29, 1.82) is 0 Å². The van der Waals surface area contributed by atoms with Crippen molar-refractivity contribution in [3.63, 3.8) is 0 Å². The molecule has 0 saturated carbocycles. The molecule has 2 unspecified atom stereocenters. The van der Waals surface area contributed by atoms with E-state index >= 15 is 0 Å². The lowest BCUT2D eigenvalue weighted by Crippen LogP contribution is -2.14. The van der Waals surface area contributed by atoms with Crippen LogP contribution < -0.4 is 10.5 Å². The molecular weight excluding hydrogens is 234 g/mol. The van der Waals surface area contributed by atoms with Crippen molar-refractivity contribution >= 4 is 10.8 Å². The van der Waals surface area contributed by atoms with E-state index in [-0.39, 0.29) is 6.04 Å². The second-order valence-electron chi connectivity index (χ2n) is 4.20. The quantitative estimate of drug-likeness (QED) is 0.761. The van der Waals surface area contributed by atoms with Gasteiger partial charge in [0.1, 0.15) is 5.75 Å². The standard InChI is InChI=1S/C13H21NO2S/c1-11(14)5-3-4-10-17(15)13-8-6-12(16-2)7-9-13/h6-9,11H,3-5,10,14H2,1-2H3. The first-order valence-corrected chi connectivity index (χ1v) is 7.23. The van der Waals surface area contributed by atoms with Gasteiger partial charge in [-0.2, -0.15) is 0 Å². The Morgan fingerprint density at radius 1 is 1.29 bits per heavy atom. The summed E-state index contributed by atoms with van der Waals surface area (Å²) in [4.78, 5) is 0.867.